The van der Waals surface area contributed by atoms with Crippen molar-refractivity contribution >= 4 is 11.7 Å². The Bertz CT molecular complexity index is 278. The van der Waals surface area contributed by atoms with Crippen molar-refractivity contribution < 1.29 is 9.53 Å². The van der Waals surface area contributed by atoms with Gasteiger partial charge in [0, 0.05) is 12.7 Å². The normalized spacial score (nSPS) is 21.7. The van der Waals surface area contributed by atoms with Gasteiger partial charge in [-0.05, 0) is 6.42 Å². The summed E-state index contributed by atoms with van der Waals surface area (Å²) < 4.78 is 5.11. The highest BCUT2D eigenvalue weighted by Gasteiger charge is 2.23. The molecule has 1 aromatic heterocycles. The second kappa shape index (κ2) is 3.57. The summed E-state index contributed by atoms with van der Waals surface area (Å²) in [6.45, 7) is 1.21. The third kappa shape index (κ3) is 1.86. The molecule has 0 aromatic carbocycles. The van der Waals surface area contributed by atoms with Gasteiger partial charge in [-0.3, -0.25) is 9.89 Å². The summed E-state index contributed by atoms with van der Waals surface area (Å²) in [4.78, 5) is 11.5. The zero-order valence-corrected chi connectivity index (χ0v) is 7.12. The summed E-state index contributed by atoms with van der Waals surface area (Å²) in [5.74, 6) is 0.627. The molecule has 0 saturated carbocycles. The Labute approximate surface area is 75.5 Å². The van der Waals surface area contributed by atoms with Crippen molar-refractivity contribution in [3.63, 3.8) is 0 Å². The molecule has 1 atom stereocenters. The maximum absolute atomic E-state index is 11.5. The molecular formula is C8H11N3O2. The minimum Gasteiger partial charge on any atom is -0.381 e. The van der Waals surface area contributed by atoms with E-state index in [-0.39, 0.29) is 11.8 Å². The zero-order chi connectivity index (χ0) is 9.10. The van der Waals surface area contributed by atoms with Gasteiger partial charge in [0.1, 0.15) is 5.82 Å². The first-order chi connectivity index (χ1) is 6.36. The number of hydrogen-bond donors (Lipinski definition) is 2. The molecule has 0 radical (unpaired) electrons. The van der Waals surface area contributed by atoms with Crippen LogP contribution < -0.4 is 5.32 Å². The largest absolute Gasteiger partial charge is 0.381 e. The Balaban J connectivity index is 1.91. The number of nitrogens with one attached hydrogen (secondary N) is 2. The number of rotatable bonds is 2. The van der Waals surface area contributed by atoms with E-state index in [0.717, 1.165) is 6.42 Å². The number of ether oxygens (including phenoxy) is 1. The van der Waals surface area contributed by atoms with Gasteiger partial charge in [-0.1, -0.05) is 0 Å². The van der Waals surface area contributed by atoms with Crippen molar-refractivity contribution in [1.29, 1.82) is 0 Å². The van der Waals surface area contributed by atoms with Crippen molar-refractivity contribution in [3.8, 4) is 0 Å². The molecule has 1 unspecified atom stereocenters. The smallest absolute Gasteiger partial charge is 0.231 e. The number of carbonyl (C=O) groups is 1. The number of aromatic amines is 1. The molecule has 1 saturated heterocycles. The van der Waals surface area contributed by atoms with Gasteiger partial charge in [0.15, 0.2) is 0 Å². The number of amides is 1. The molecule has 0 spiro atoms. The second-order valence-electron chi connectivity index (χ2n) is 3.02. The van der Waals surface area contributed by atoms with Crippen molar-refractivity contribution in [2.45, 2.75) is 6.42 Å². The fourth-order valence-corrected chi connectivity index (χ4v) is 1.30. The molecule has 5 heteroatoms. The summed E-state index contributed by atoms with van der Waals surface area (Å²) >= 11 is 0. The summed E-state index contributed by atoms with van der Waals surface area (Å²) in [6, 6.07) is 1.72. The highest BCUT2D eigenvalue weighted by atomic mass is 16.5. The van der Waals surface area contributed by atoms with Crippen LogP contribution in [0.5, 0.6) is 0 Å². The maximum atomic E-state index is 11.5. The van der Waals surface area contributed by atoms with E-state index in [9.17, 15) is 4.79 Å². The molecule has 2 rings (SSSR count). The van der Waals surface area contributed by atoms with Gasteiger partial charge in [0.25, 0.3) is 0 Å². The summed E-state index contributed by atoms with van der Waals surface area (Å²) in [6.07, 6.45) is 2.40. The molecule has 70 valence electrons. The topological polar surface area (TPSA) is 67.0 Å². The van der Waals surface area contributed by atoms with Crippen LogP contribution in [0, 0.1) is 5.92 Å². The van der Waals surface area contributed by atoms with Crippen LogP contribution in [0.4, 0.5) is 5.82 Å². The molecule has 1 fully saturated rings. The lowest BCUT2D eigenvalue weighted by Gasteiger charge is -2.06. The zero-order valence-electron chi connectivity index (χ0n) is 7.12. The molecule has 2 N–H and O–H groups in total. The van der Waals surface area contributed by atoms with Gasteiger partial charge in [-0.15, -0.1) is 0 Å². The van der Waals surface area contributed by atoms with Crippen LogP contribution in [0.15, 0.2) is 12.3 Å². The van der Waals surface area contributed by atoms with E-state index in [2.05, 4.69) is 15.5 Å². The Morgan fingerprint density at radius 1 is 1.77 bits per heavy atom. The number of H-pyrrole nitrogens is 1. The average molecular weight is 181 g/mol. The van der Waals surface area contributed by atoms with Crippen LogP contribution >= 0.6 is 0 Å². The van der Waals surface area contributed by atoms with E-state index in [1.165, 1.54) is 0 Å². The molecule has 1 aromatic rings. The number of anilines is 1. The lowest BCUT2D eigenvalue weighted by atomic mass is 10.1. The second-order valence-corrected chi connectivity index (χ2v) is 3.02. The Morgan fingerprint density at radius 3 is 3.31 bits per heavy atom. The third-order valence-electron chi connectivity index (χ3n) is 2.06. The Kier molecular flexibility index (Phi) is 2.27. The molecule has 13 heavy (non-hydrogen) atoms. The van der Waals surface area contributed by atoms with E-state index >= 15 is 0 Å². The van der Waals surface area contributed by atoms with Gasteiger partial charge >= 0.3 is 0 Å². The monoisotopic (exact) mass is 181 g/mol. The molecule has 1 aliphatic rings. The van der Waals surface area contributed by atoms with Crippen molar-refractivity contribution in [2.75, 3.05) is 18.5 Å². The molecule has 1 aliphatic heterocycles. The van der Waals surface area contributed by atoms with Gasteiger partial charge in [0.05, 0.1) is 18.7 Å². The van der Waals surface area contributed by atoms with E-state index in [0.29, 0.717) is 19.0 Å². The minimum atomic E-state index is -0.0108. The minimum absolute atomic E-state index is 0.00162. The first-order valence-electron chi connectivity index (χ1n) is 4.24. The molecule has 2 heterocycles. The highest BCUT2D eigenvalue weighted by Crippen LogP contribution is 2.14. The molecular weight excluding hydrogens is 170 g/mol. The van der Waals surface area contributed by atoms with Gasteiger partial charge in [0.2, 0.25) is 5.91 Å². The van der Waals surface area contributed by atoms with Crippen LogP contribution in [-0.2, 0) is 9.53 Å². The van der Waals surface area contributed by atoms with Gasteiger partial charge in [-0.2, -0.15) is 5.10 Å². The number of carbonyl (C=O) groups excluding carboxylic acids is 1. The molecule has 0 bridgehead atoms. The van der Waals surface area contributed by atoms with Crippen LogP contribution in [0.2, 0.25) is 0 Å². The predicted octanol–water partition coefficient (Wildman–Crippen LogP) is 0.385. The fraction of sp³-hybridized carbons (Fsp3) is 0.500. The van der Waals surface area contributed by atoms with E-state index in [4.69, 9.17) is 4.74 Å². The van der Waals surface area contributed by atoms with Crippen LogP contribution in [0.1, 0.15) is 6.42 Å². The number of hydrogen-bond acceptors (Lipinski definition) is 3. The van der Waals surface area contributed by atoms with Crippen molar-refractivity contribution in [1.82, 2.24) is 10.2 Å². The first kappa shape index (κ1) is 8.25. The van der Waals surface area contributed by atoms with E-state index in [1.807, 2.05) is 0 Å². The standard InChI is InChI=1S/C8H11N3O2/c12-8(6-2-4-13-5-6)10-7-1-3-9-11-7/h1,3,6H,2,4-5H2,(H2,9,10,11,12). The SMILES string of the molecule is O=C(Nc1ccn[nH]1)C1CCOC1. The van der Waals surface area contributed by atoms with Crippen LogP contribution in [0.25, 0.3) is 0 Å². The maximum Gasteiger partial charge on any atom is 0.231 e. The molecule has 0 aliphatic carbocycles. The lowest BCUT2D eigenvalue weighted by Crippen LogP contribution is -2.22. The van der Waals surface area contributed by atoms with Crippen LogP contribution in [-0.4, -0.2) is 29.3 Å². The number of aromatic nitrogens is 2. The van der Waals surface area contributed by atoms with Crippen molar-refractivity contribution in [3.05, 3.63) is 12.3 Å². The van der Waals surface area contributed by atoms with Crippen LogP contribution in [0.3, 0.4) is 0 Å². The summed E-state index contributed by atoms with van der Waals surface area (Å²) in [7, 11) is 0. The molecule has 1 amide bonds. The van der Waals surface area contributed by atoms with E-state index in [1.54, 1.807) is 12.3 Å². The third-order valence-corrected chi connectivity index (χ3v) is 2.06. The highest BCUT2D eigenvalue weighted by molar-refractivity contribution is 5.91. The van der Waals surface area contributed by atoms with Gasteiger partial charge < -0.3 is 10.1 Å². The van der Waals surface area contributed by atoms with Crippen molar-refractivity contribution in [2.24, 2.45) is 5.92 Å². The summed E-state index contributed by atoms with van der Waals surface area (Å²) in [5, 5.41) is 9.13. The Morgan fingerprint density at radius 2 is 2.69 bits per heavy atom. The fourth-order valence-electron chi connectivity index (χ4n) is 1.30. The predicted molar refractivity (Wildman–Crippen MR) is 46.1 cm³/mol. The quantitative estimate of drug-likeness (QED) is 0.693. The number of nitrogens with zero attached hydrogens (tertiary/aromatic N) is 1. The summed E-state index contributed by atoms with van der Waals surface area (Å²) in [5.41, 5.74) is 0. The first-order valence-corrected chi connectivity index (χ1v) is 4.24. The average Bonchev–Trinajstić information content (AvgIpc) is 2.74. The van der Waals surface area contributed by atoms with Gasteiger partial charge in [-0.25, -0.2) is 0 Å². The Hall–Kier alpha value is -1.36. The van der Waals surface area contributed by atoms with E-state index < -0.39 is 0 Å². The molecule has 5 nitrogen and oxygen atoms in total. The lowest BCUT2D eigenvalue weighted by molar-refractivity contribution is -0.119.